The van der Waals surface area contributed by atoms with Crippen LogP contribution in [0.15, 0.2) is 60.7 Å². The maximum atomic E-state index is 9.88. The number of aromatic hydroxyl groups is 1. The molecule has 3 aromatic rings. The van der Waals surface area contributed by atoms with Gasteiger partial charge in [0.25, 0.3) is 0 Å². The van der Waals surface area contributed by atoms with Crippen LogP contribution >= 0.6 is 0 Å². The van der Waals surface area contributed by atoms with E-state index in [1.54, 1.807) is 7.11 Å². The van der Waals surface area contributed by atoms with Crippen LogP contribution in [0.5, 0.6) is 17.2 Å². The van der Waals surface area contributed by atoms with Crippen LogP contribution in [0.3, 0.4) is 0 Å². The summed E-state index contributed by atoms with van der Waals surface area (Å²) < 4.78 is 11.7. The Morgan fingerprint density at radius 1 is 0.868 bits per heavy atom. The average molecular weight is 513 g/mol. The maximum absolute atomic E-state index is 9.88. The Morgan fingerprint density at radius 3 is 2.34 bits per heavy atom. The lowest BCUT2D eigenvalue weighted by atomic mass is 9.79. The Balaban J connectivity index is 1.11. The summed E-state index contributed by atoms with van der Waals surface area (Å²) in [6, 6.07) is 22.5. The van der Waals surface area contributed by atoms with Crippen molar-refractivity contribution in [3.8, 4) is 17.2 Å². The van der Waals surface area contributed by atoms with Crippen LogP contribution in [-0.4, -0.2) is 49.4 Å². The van der Waals surface area contributed by atoms with E-state index in [2.05, 4.69) is 65.4 Å². The molecule has 1 N–H and O–H groups in total. The third kappa shape index (κ3) is 5.22. The molecule has 2 saturated heterocycles. The van der Waals surface area contributed by atoms with Crippen LogP contribution in [0.1, 0.15) is 60.3 Å². The minimum Gasteiger partial charge on any atom is -0.508 e. The van der Waals surface area contributed by atoms with Crippen LogP contribution in [0.2, 0.25) is 0 Å². The second kappa shape index (κ2) is 10.9. The average Bonchev–Trinajstić information content (AvgIpc) is 3.52. The summed E-state index contributed by atoms with van der Waals surface area (Å²) in [6.07, 6.45) is 8.56. The Bertz CT molecular complexity index is 1240. The number of hydrogen-bond donors (Lipinski definition) is 1. The molecule has 5 nitrogen and oxygen atoms in total. The smallest absolute Gasteiger partial charge is 0.120 e. The van der Waals surface area contributed by atoms with Crippen molar-refractivity contribution in [1.29, 1.82) is 0 Å². The number of methoxy groups -OCH3 is 1. The van der Waals surface area contributed by atoms with Gasteiger partial charge in [-0.15, -0.1) is 0 Å². The third-order valence-corrected chi connectivity index (χ3v) is 9.07. The normalized spacial score (nSPS) is 22.3. The molecule has 3 aliphatic rings. The summed E-state index contributed by atoms with van der Waals surface area (Å²) in [7, 11) is 3.90. The number of rotatable bonds is 9. The van der Waals surface area contributed by atoms with Crippen LogP contribution in [0, 0.1) is 0 Å². The van der Waals surface area contributed by atoms with E-state index < -0.39 is 0 Å². The molecule has 0 aromatic heterocycles. The minimum atomic E-state index is 0.363. The van der Waals surface area contributed by atoms with Gasteiger partial charge in [-0.05, 0) is 103 Å². The predicted octanol–water partition coefficient (Wildman–Crippen LogP) is 6.32. The van der Waals surface area contributed by atoms with Gasteiger partial charge in [-0.25, -0.2) is 0 Å². The maximum Gasteiger partial charge on any atom is 0.120 e. The van der Waals surface area contributed by atoms with Crippen molar-refractivity contribution in [3.05, 3.63) is 82.9 Å². The highest BCUT2D eigenvalue weighted by molar-refractivity contribution is 5.59. The summed E-state index contributed by atoms with van der Waals surface area (Å²) in [5, 5.41) is 9.88. The van der Waals surface area contributed by atoms with E-state index in [1.807, 2.05) is 12.1 Å². The van der Waals surface area contributed by atoms with Gasteiger partial charge in [0.05, 0.1) is 7.11 Å². The second-order valence-electron chi connectivity index (χ2n) is 11.4. The van der Waals surface area contributed by atoms with Crippen molar-refractivity contribution in [2.45, 2.75) is 69.5 Å². The highest BCUT2D eigenvalue weighted by Gasteiger charge is 2.38. The molecule has 6 rings (SSSR count). The first-order valence-electron chi connectivity index (χ1n) is 14.2. The molecule has 2 aliphatic heterocycles. The Morgan fingerprint density at radius 2 is 1.61 bits per heavy atom. The first-order valence-corrected chi connectivity index (χ1v) is 14.2. The molecule has 5 heteroatoms. The molecule has 38 heavy (non-hydrogen) atoms. The quantitative estimate of drug-likeness (QED) is 0.364. The zero-order valence-corrected chi connectivity index (χ0v) is 22.7. The number of nitrogens with zero attached hydrogens (tertiary/aromatic N) is 2. The van der Waals surface area contributed by atoms with E-state index in [4.69, 9.17) is 9.47 Å². The van der Waals surface area contributed by atoms with E-state index in [0.29, 0.717) is 11.7 Å². The number of aryl methyl sites for hydroxylation is 1. The molecule has 1 atom stereocenters. The topological polar surface area (TPSA) is 45.2 Å². The fraction of sp³-hybridized carbons (Fsp3) is 0.455. The molecule has 1 aliphatic carbocycles. The lowest BCUT2D eigenvalue weighted by Gasteiger charge is -2.30. The van der Waals surface area contributed by atoms with Crippen LogP contribution in [-0.2, 0) is 19.4 Å². The monoisotopic (exact) mass is 512 g/mol. The second-order valence-corrected chi connectivity index (χ2v) is 11.4. The summed E-state index contributed by atoms with van der Waals surface area (Å²) >= 11 is 0. The number of phenols is 1. The number of hydrogen-bond acceptors (Lipinski definition) is 5. The Hall–Kier alpha value is -3.18. The molecule has 3 aromatic carbocycles. The molecule has 1 unspecified atom stereocenters. The Kier molecular flexibility index (Phi) is 7.20. The molecule has 0 amide bonds. The van der Waals surface area contributed by atoms with E-state index in [9.17, 15) is 5.11 Å². The lowest BCUT2D eigenvalue weighted by Crippen LogP contribution is -2.32. The molecule has 0 saturated carbocycles. The molecule has 2 bridgehead atoms. The highest BCUT2D eigenvalue weighted by atomic mass is 16.5. The largest absolute Gasteiger partial charge is 0.508 e. The van der Waals surface area contributed by atoms with Crippen molar-refractivity contribution >= 4 is 5.69 Å². The van der Waals surface area contributed by atoms with Crippen molar-refractivity contribution in [3.63, 3.8) is 0 Å². The molecule has 0 spiro atoms. The van der Waals surface area contributed by atoms with Gasteiger partial charge in [0.15, 0.2) is 0 Å². The van der Waals surface area contributed by atoms with E-state index >= 15 is 0 Å². The van der Waals surface area contributed by atoms with E-state index in [0.717, 1.165) is 62.5 Å². The zero-order valence-electron chi connectivity index (χ0n) is 22.7. The van der Waals surface area contributed by atoms with Gasteiger partial charge in [-0.2, -0.15) is 0 Å². The van der Waals surface area contributed by atoms with Crippen molar-refractivity contribution in [2.24, 2.45) is 0 Å². The Labute approximate surface area is 227 Å². The van der Waals surface area contributed by atoms with E-state index in [-0.39, 0.29) is 0 Å². The van der Waals surface area contributed by atoms with Crippen molar-refractivity contribution in [1.82, 2.24) is 4.90 Å². The number of phenolic OH excluding ortho intramolecular Hbond substituents is 1. The molecule has 2 fully saturated rings. The lowest BCUT2D eigenvalue weighted by molar-refractivity contribution is 0.194. The molecular formula is C33H40N2O3. The standard InChI is InChI=1S/C33H40N2O3/c1-34(22-23-3-13-30(14-4-23)38-18-17-35-27-8-9-28(35)11-10-27)33-21-31(37-2)15-16-32(33)26-6-5-25-20-29(36)12-7-24(25)19-26/h3-4,7,12-16,20-21,26-28,36H,5-6,8-11,17-19,22H2,1-2H3. The molecule has 0 radical (unpaired) electrons. The number of ether oxygens (including phenoxy) is 2. The summed E-state index contributed by atoms with van der Waals surface area (Å²) in [5.41, 5.74) is 6.46. The molecule has 200 valence electrons. The van der Waals surface area contributed by atoms with Gasteiger partial charge in [-0.3, -0.25) is 4.90 Å². The fourth-order valence-electron chi connectivity index (χ4n) is 7.04. The first kappa shape index (κ1) is 25.1. The van der Waals surface area contributed by atoms with Gasteiger partial charge in [-0.1, -0.05) is 24.3 Å². The first-order chi connectivity index (χ1) is 18.6. The van der Waals surface area contributed by atoms with Crippen molar-refractivity contribution in [2.75, 3.05) is 32.2 Å². The molecular weight excluding hydrogens is 472 g/mol. The third-order valence-electron chi connectivity index (χ3n) is 9.07. The highest BCUT2D eigenvalue weighted by Crippen LogP contribution is 2.40. The van der Waals surface area contributed by atoms with E-state index in [1.165, 1.54) is 53.6 Å². The van der Waals surface area contributed by atoms with Crippen LogP contribution in [0.4, 0.5) is 5.69 Å². The minimum absolute atomic E-state index is 0.363. The van der Waals surface area contributed by atoms with Gasteiger partial charge in [0.1, 0.15) is 23.9 Å². The van der Waals surface area contributed by atoms with Gasteiger partial charge in [0.2, 0.25) is 0 Å². The summed E-state index contributed by atoms with van der Waals surface area (Å²) in [4.78, 5) is 5.01. The number of anilines is 1. The van der Waals surface area contributed by atoms with Gasteiger partial charge in [0, 0.05) is 44.0 Å². The fourth-order valence-corrected chi connectivity index (χ4v) is 7.04. The van der Waals surface area contributed by atoms with Crippen molar-refractivity contribution < 1.29 is 14.6 Å². The summed E-state index contributed by atoms with van der Waals surface area (Å²) in [6.45, 7) is 2.63. The van der Waals surface area contributed by atoms with Gasteiger partial charge >= 0.3 is 0 Å². The SMILES string of the molecule is COc1ccc(C2CCc3cc(O)ccc3C2)c(N(C)Cc2ccc(OCCN3C4CCC3CC4)cc2)c1. The zero-order chi connectivity index (χ0) is 26.1. The molecule has 2 heterocycles. The van der Waals surface area contributed by atoms with Crippen LogP contribution in [0.25, 0.3) is 0 Å². The van der Waals surface area contributed by atoms with Crippen LogP contribution < -0.4 is 14.4 Å². The number of fused-ring (bicyclic) bond motifs is 3. The number of benzene rings is 3. The van der Waals surface area contributed by atoms with Gasteiger partial charge < -0.3 is 19.5 Å². The predicted molar refractivity (Wildman–Crippen MR) is 153 cm³/mol. The summed E-state index contributed by atoms with van der Waals surface area (Å²) in [5.74, 6) is 2.64.